The Morgan fingerprint density at radius 1 is 1.69 bits per heavy atom. The Morgan fingerprint density at radius 3 is 2.62 bits per heavy atom. The maximum atomic E-state index is 12.9. The van der Waals surface area contributed by atoms with Crippen molar-refractivity contribution in [3.05, 3.63) is 18.0 Å². The van der Waals surface area contributed by atoms with Crippen molar-refractivity contribution in [2.45, 2.75) is 17.8 Å². The molecule has 1 heterocycles. The van der Waals surface area contributed by atoms with Crippen molar-refractivity contribution in [1.29, 1.82) is 0 Å². The van der Waals surface area contributed by atoms with E-state index in [1.165, 1.54) is 17.1 Å². The Labute approximate surface area is 74.0 Å². The molecule has 13 heavy (non-hydrogen) atoms. The van der Waals surface area contributed by atoms with Crippen LogP contribution in [0.25, 0.3) is 0 Å². The molecule has 3 nitrogen and oxygen atoms in total. The molecule has 0 spiro atoms. The van der Waals surface area contributed by atoms with E-state index in [-0.39, 0.29) is 6.42 Å². The molecule has 1 atom stereocenters. The van der Waals surface area contributed by atoms with E-state index in [0.29, 0.717) is 5.56 Å². The summed E-state index contributed by atoms with van der Waals surface area (Å²) in [6.45, 7) is -0.522. The second-order valence-electron chi connectivity index (χ2n) is 3.52. The first-order valence-electron chi connectivity index (χ1n) is 4.00. The van der Waals surface area contributed by atoms with Crippen LogP contribution in [0.2, 0.25) is 0 Å². The van der Waals surface area contributed by atoms with E-state index in [4.69, 9.17) is 5.11 Å². The van der Waals surface area contributed by atoms with Crippen LogP contribution in [-0.4, -0.2) is 27.4 Å². The molecule has 1 aliphatic carbocycles. The van der Waals surface area contributed by atoms with Gasteiger partial charge in [0.2, 0.25) is 0 Å². The van der Waals surface area contributed by atoms with Crippen LogP contribution in [-0.2, 0) is 12.5 Å². The summed E-state index contributed by atoms with van der Waals surface area (Å²) >= 11 is 0. The Hall–Kier alpha value is -0.970. The van der Waals surface area contributed by atoms with Crippen LogP contribution in [0.4, 0.5) is 8.78 Å². The highest BCUT2D eigenvalue weighted by Gasteiger charge is 2.72. The molecule has 0 aliphatic heterocycles. The lowest BCUT2D eigenvalue weighted by Gasteiger charge is -2.09. The van der Waals surface area contributed by atoms with Gasteiger partial charge in [0.1, 0.15) is 0 Å². The molecule has 1 aromatic rings. The lowest BCUT2D eigenvalue weighted by molar-refractivity contribution is 0.0673. The third-order valence-corrected chi connectivity index (χ3v) is 2.63. The topological polar surface area (TPSA) is 38.0 Å². The smallest absolute Gasteiger partial charge is 0.261 e. The van der Waals surface area contributed by atoms with Crippen molar-refractivity contribution < 1.29 is 13.9 Å². The van der Waals surface area contributed by atoms with E-state index in [1.807, 2.05) is 0 Å². The zero-order valence-electron chi connectivity index (χ0n) is 7.17. The molecule has 1 aromatic heterocycles. The summed E-state index contributed by atoms with van der Waals surface area (Å²) in [5, 5.41) is 12.7. The van der Waals surface area contributed by atoms with Gasteiger partial charge < -0.3 is 5.11 Å². The summed E-state index contributed by atoms with van der Waals surface area (Å²) in [6.07, 6.45) is 2.64. The molecule has 2 rings (SSSR count). The van der Waals surface area contributed by atoms with Crippen molar-refractivity contribution in [3.8, 4) is 0 Å². The minimum atomic E-state index is -2.77. The number of aromatic nitrogens is 2. The van der Waals surface area contributed by atoms with Gasteiger partial charge in [-0.3, -0.25) is 4.68 Å². The molecule has 1 aliphatic rings. The number of alkyl halides is 2. The van der Waals surface area contributed by atoms with Crippen LogP contribution < -0.4 is 0 Å². The lowest BCUT2D eigenvalue weighted by atomic mass is 10.0. The average Bonchev–Trinajstić information content (AvgIpc) is 2.43. The standard InChI is InChI=1S/C8H10F2N2O/c1-12-3-6(2-11-12)7(5-13)4-8(7,9)10/h2-3,13H,4-5H2,1H3. The van der Waals surface area contributed by atoms with Gasteiger partial charge in [-0.25, -0.2) is 8.78 Å². The summed E-state index contributed by atoms with van der Waals surface area (Å²) in [5.74, 6) is -2.77. The summed E-state index contributed by atoms with van der Waals surface area (Å²) in [7, 11) is 1.66. The van der Waals surface area contributed by atoms with Gasteiger partial charge in [-0.05, 0) is 0 Å². The molecular formula is C8H10F2N2O. The second kappa shape index (κ2) is 2.29. The van der Waals surface area contributed by atoms with Gasteiger partial charge in [0.05, 0.1) is 18.2 Å². The number of rotatable bonds is 2. The number of aliphatic hydroxyl groups excluding tert-OH is 1. The Morgan fingerprint density at radius 2 is 2.31 bits per heavy atom. The highest BCUT2D eigenvalue weighted by Crippen LogP contribution is 2.61. The zero-order chi connectivity index (χ0) is 9.69. The van der Waals surface area contributed by atoms with Crippen LogP contribution in [0.5, 0.6) is 0 Å². The normalized spacial score (nSPS) is 30.5. The fraction of sp³-hybridized carbons (Fsp3) is 0.625. The van der Waals surface area contributed by atoms with Gasteiger partial charge in [0.25, 0.3) is 5.92 Å². The average molecular weight is 188 g/mol. The molecule has 5 heteroatoms. The van der Waals surface area contributed by atoms with Gasteiger partial charge in [0, 0.05) is 25.2 Å². The van der Waals surface area contributed by atoms with E-state index in [9.17, 15) is 8.78 Å². The summed E-state index contributed by atoms with van der Waals surface area (Å²) in [6, 6.07) is 0. The number of halogens is 2. The lowest BCUT2D eigenvalue weighted by Crippen LogP contribution is -2.20. The molecular weight excluding hydrogens is 178 g/mol. The van der Waals surface area contributed by atoms with Crippen molar-refractivity contribution in [2.75, 3.05) is 6.61 Å². The van der Waals surface area contributed by atoms with Gasteiger partial charge in [-0.2, -0.15) is 5.10 Å². The number of aryl methyl sites for hydroxylation is 1. The maximum absolute atomic E-state index is 12.9. The molecule has 0 radical (unpaired) electrons. The van der Waals surface area contributed by atoms with Crippen molar-refractivity contribution in [3.63, 3.8) is 0 Å². The first-order valence-corrected chi connectivity index (χ1v) is 4.00. The molecule has 0 bridgehead atoms. The minimum Gasteiger partial charge on any atom is -0.395 e. The van der Waals surface area contributed by atoms with Crippen LogP contribution in [0, 0.1) is 0 Å². The molecule has 0 aromatic carbocycles. The Balaban J connectivity index is 2.35. The molecule has 1 saturated carbocycles. The molecule has 72 valence electrons. The van der Waals surface area contributed by atoms with E-state index < -0.39 is 17.9 Å². The van der Waals surface area contributed by atoms with Crippen LogP contribution in [0.1, 0.15) is 12.0 Å². The quantitative estimate of drug-likeness (QED) is 0.741. The molecule has 1 N–H and O–H groups in total. The van der Waals surface area contributed by atoms with Crippen molar-refractivity contribution in [2.24, 2.45) is 7.05 Å². The van der Waals surface area contributed by atoms with E-state index >= 15 is 0 Å². The zero-order valence-corrected chi connectivity index (χ0v) is 7.17. The Kier molecular flexibility index (Phi) is 1.52. The van der Waals surface area contributed by atoms with Crippen molar-refractivity contribution in [1.82, 2.24) is 9.78 Å². The van der Waals surface area contributed by atoms with Crippen LogP contribution >= 0.6 is 0 Å². The highest BCUT2D eigenvalue weighted by atomic mass is 19.3. The highest BCUT2D eigenvalue weighted by molar-refractivity contribution is 5.35. The van der Waals surface area contributed by atoms with Gasteiger partial charge in [0.15, 0.2) is 0 Å². The molecule has 0 amide bonds. The van der Waals surface area contributed by atoms with Crippen LogP contribution in [0.3, 0.4) is 0 Å². The minimum absolute atomic E-state index is 0.276. The van der Waals surface area contributed by atoms with Gasteiger partial charge in [-0.1, -0.05) is 0 Å². The van der Waals surface area contributed by atoms with Gasteiger partial charge >= 0.3 is 0 Å². The van der Waals surface area contributed by atoms with Crippen LogP contribution in [0.15, 0.2) is 12.4 Å². The van der Waals surface area contributed by atoms with E-state index in [0.717, 1.165) is 0 Å². The molecule has 1 unspecified atom stereocenters. The van der Waals surface area contributed by atoms with E-state index in [2.05, 4.69) is 5.10 Å². The fourth-order valence-corrected chi connectivity index (χ4v) is 1.58. The van der Waals surface area contributed by atoms with Crippen molar-refractivity contribution >= 4 is 0 Å². The number of nitrogens with zero attached hydrogens (tertiary/aromatic N) is 2. The number of hydrogen-bond donors (Lipinski definition) is 1. The predicted octanol–water partition coefficient (Wildman–Crippen LogP) is 0.689. The van der Waals surface area contributed by atoms with E-state index in [1.54, 1.807) is 7.05 Å². The third-order valence-electron chi connectivity index (χ3n) is 2.63. The summed E-state index contributed by atoms with van der Waals surface area (Å²) in [5.41, 5.74) is -0.941. The SMILES string of the molecule is Cn1cc(C2(CO)CC2(F)F)cn1. The predicted molar refractivity (Wildman–Crippen MR) is 41.5 cm³/mol. The number of hydrogen-bond acceptors (Lipinski definition) is 2. The monoisotopic (exact) mass is 188 g/mol. The largest absolute Gasteiger partial charge is 0.395 e. The molecule has 1 fully saturated rings. The fourth-order valence-electron chi connectivity index (χ4n) is 1.58. The summed E-state index contributed by atoms with van der Waals surface area (Å²) < 4.78 is 27.4. The molecule has 0 saturated heterocycles. The first-order chi connectivity index (χ1) is 6.02. The number of aliphatic hydroxyl groups is 1. The third kappa shape index (κ3) is 0.997. The summed E-state index contributed by atoms with van der Waals surface area (Å²) in [4.78, 5) is 0. The second-order valence-corrected chi connectivity index (χ2v) is 3.52. The Bertz CT molecular complexity index is 337. The van der Waals surface area contributed by atoms with Gasteiger partial charge in [-0.15, -0.1) is 0 Å². The first kappa shape index (κ1) is 8.62. The maximum Gasteiger partial charge on any atom is 0.261 e.